The van der Waals surface area contributed by atoms with Gasteiger partial charge < -0.3 is 10.6 Å². The van der Waals surface area contributed by atoms with Gasteiger partial charge in [-0.25, -0.2) is 0 Å². The maximum atomic E-state index is 12.3. The average Bonchev–Trinajstić information content (AvgIpc) is 2.39. The molecule has 1 aromatic rings. The largest absolute Gasteiger partial charge is 0.366 e. The third-order valence-corrected chi connectivity index (χ3v) is 3.61. The summed E-state index contributed by atoms with van der Waals surface area (Å²) < 4.78 is 0.742. The quantitative estimate of drug-likeness (QED) is 0.910. The summed E-state index contributed by atoms with van der Waals surface area (Å²) in [4.78, 5) is 25.5. The summed E-state index contributed by atoms with van der Waals surface area (Å²) in [7, 11) is 0. The molecule has 2 amide bonds. The molecule has 0 unspecified atom stereocenters. The van der Waals surface area contributed by atoms with Crippen molar-refractivity contribution >= 4 is 27.7 Å². The van der Waals surface area contributed by atoms with Crippen molar-refractivity contribution in [2.75, 3.05) is 13.1 Å². The summed E-state index contributed by atoms with van der Waals surface area (Å²) in [5.74, 6) is -0.673. The Morgan fingerprint density at radius 2 is 1.78 bits per heavy atom. The van der Waals surface area contributed by atoms with Crippen LogP contribution in [0.3, 0.4) is 0 Å². The van der Waals surface area contributed by atoms with Crippen LogP contribution in [-0.4, -0.2) is 29.8 Å². The first-order chi connectivity index (χ1) is 8.59. The fraction of sp³-hybridized carbons (Fsp3) is 0.385. The lowest BCUT2D eigenvalue weighted by atomic mass is 10.0. The Hall–Kier alpha value is -1.36. The summed E-state index contributed by atoms with van der Waals surface area (Å²) >= 11 is 3.28. The van der Waals surface area contributed by atoms with Crippen molar-refractivity contribution in [3.63, 3.8) is 0 Å². The van der Waals surface area contributed by atoms with Crippen LogP contribution >= 0.6 is 15.9 Å². The molecule has 4 nitrogen and oxygen atoms in total. The Morgan fingerprint density at radius 1 is 1.11 bits per heavy atom. The number of nitrogens with zero attached hydrogens (tertiary/aromatic N) is 1. The smallest absolute Gasteiger partial charge is 0.254 e. The van der Waals surface area contributed by atoms with E-state index in [-0.39, 0.29) is 11.5 Å². The molecule has 5 heteroatoms. The molecule has 0 aliphatic carbocycles. The van der Waals surface area contributed by atoms with Crippen molar-refractivity contribution in [2.45, 2.75) is 19.3 Å². The molecule has 0 spiro atoms. The minimum absolute atomic E-state index is 0.101. The van der Waals surface area contributed by atoms with Crippen molar-refractivity contribution in [1.82, 2.24) is 4.90 Å². The maximum absolute atomic E-state index is 12.3. The van der Waals surface area contributed by atoms with E-state index < -0.39 is 5.91 Å². The molecular formula is C13H15BrN2O2. The topological polar surface area (TPSA) is 63.4 Å². The van der Waals surface area contributed by atoms with Gasteiger partial charge in [0.15, 0.2) is 0 Å². The van der Waals surface area contributed by atoms with E-state index in [1.54, 1.807) is 23.1 Å². The van der Waals surface area contributed by atoms with Crippen LogP contribution in [0.1, 0.15) is 40.0 Å². The number of nitrogens with two attached hydrogens (primary N) is 1. The minimum atomic E-state index is -0.573. The van der Waals surface area contributed by atoms with Gasteiger partial charge in [-0.05, 0) is 37.5 Å². The van der Waals surface area contributed by atoms with Crippen LogP contribution in [0.25, 0.3) is 0 Å². The number of halogens is 1. The van der Waals surface area contributed by atoms with Gasteiger partial charge in [0.2, 0.25) is 5.91 Å². The first kappa shape index (κ1) is 13.1. The molecule has 0 aromatic heterocycles. The minimum Gasteiger partial charge on any atom is -0.366 e. The second-order valence-corrected chi connectivity index (χ2v) is 5.32. The Labute approximate surface area is 114 Å². The number of primary amides is 1. The summed E-state index contributed by atoms with van der Waals surface area (Å²) in [6, 6.07) is 5.00. The summed E-state index contributed by atoms with van der Waals surface area (Å²) in [6.07, 6.45) is 3.20. The van der Waals surface area contributed by atoms with Crippen LogP contribution in [0.15, 0.2) is 22.7 Å². The monoisotopic (exact) mass is 310 g/mol. The molecule has 1 fully saturated rings. The SMILES string of the molecule is NC(=O)c1cc(Br)ccc1C(=O)N1CCCCC1. The molecule has 0 radical (unpaired) electrons. The number of carbonyl (C=O) groups is 2. The van der Waals surface area contributed by atoms with E-state index in [0.717, 1.165) is 36.8 Å². The van der Waals surface area contributed by atoms with Crippen molar-refractivity contribution < 1.29 is 9.59 Å². The van der Waals surface area contributed by atoms with Crippen LogP contribution in [0.4, 0.5) is 0 Å². The van der Waals surface area contributed by atoms with E-state index in [9.17, 15) is 9.59 Å². The molecule has 0 atom stereocenters. The second kappa shape index (κ2) is 5.52. The van der Waals surface area contributed by atoms with E-state index in [1.807, 2.05) is 0 Å². The lowest BCUT2D eigenvalue weighted by molar-refractivity contribution is 0.0719. The Balaban J connectivity index is 2.31. The van der Waals surface area contributed by atoms with Gasteiger partial charge in [0.1, 0.15) is 0 Å². The number of amides is 2. The highest BCUT2D eigenvalue weighted by molar-refractivity contribution is 9.10. The van der Waals surface area contributed by atoms with E-state index >= 15 is 0 Å². The summed E-state index contributed by atoms with van der Waals surface area (Å²) in [6.45, 7) is 1.51. The van der Waals surface area contributed by atoms with Gasteiger partial charge in [-0.15, -0.1) is 0 Å². The predicted octanol–water partition coefficient (Wildman–Crippen LogP) is 2.17. The van der Waals surface area contributed by atoms with Crippen LogP contribution in [-0.2, 0) is 0 Å². The van der Waals surface area contributed by atoms with Crippen molar-refractivity contribution in [3.05, 3.63) is 33.8 Å². The number of piperidine rings is 1. The maximum Gasteiger partial charge on any atom is 0.254 e. The number of carbonyl (C=O) groups excluding carboxylic acids is 2. The highest BCUT2D eigenvalue weighted by atomic mass is 79.9. The lowest BCUT2D eigenvalue weighted by Crippen LogP contribution is -2.36. The van der Waals surface area contributed by atoms with Gasteiger partial charge >= 0.3 is 0 Å². The van der Waals surface area contributed by atoms with Gasteiger partial charge in [-0.1, -0.05) is 15.9 Å². The van der Waals surface area contributed by atoms with Crippen LogP contribution in [0.2, 0.25) is 0 Å². The highest BCUT2D eigenvalue weighted by Crippen LogP contribution is 2.20. The summed E-state index contributed by atoms with van der Waals surface area (Å²) in [5.41, 5.74) is 5.99. The predicted molar refractivity (Wildman–Crippen MR) is 72.4 cm³/mol. The number of hydrogen-bond acceptors (Lipinski definition) is 2. The van der Waals surface area contributed by atoms with Gasteiger partial charge in [0, 0.05) is 17.6 Å². The van der Waals surface area contributed by atoms with Crippen LogP contribution < -0.4 is 5.73 Å². The molecular weight excluding hydrogens is 296 g/mol. The molecule has 0 saturated carbocycles. The molecule has 1 aromatic carbocycles. The third-order valence-electron chi connectivity index (χ3n) is 3.12. The molecule has 1 aliphatic rings. The van der Waals surface area contributed by atoms with Crippen LogP contribution in [0, 0.1) is 0 Å². The molecule has 1 aliphatic heterocycles. The molecule has 2 rings (SSSR count). The second-order valence-electron chi connectivity index (χ2n) is 4.41. The molecule has 0 bridgehead atoms. The zero-order valence-corrected chi connectivity index (χ0v) is 11.6. The number of benzene rings is 1. The first-order valence-corrected chi connectivity index (χ1v) is 6.77. The van der Waals surface area contributed by atoms with Crippen molar-refractivity contribution in [3.8, 4) is 0 Å². The molecule has 2 N–H and O–H groups in total. The molecule has 1 saturated heterocycles. The third kappa shape index (κ3) is 2.72. The van der Waals surface area contributed by atoms with E-state index in [0.29, 0.717) is 5.56 Å². The molecule has 18 heavy (non-hydrogen) atoms. The fourth-order valence-corrected chi connectivity index (χ4v) is 2.54. The first-order valence-electron chi connectivity index (χ1n) is 5.98. The Bertz CT molecular complexity index is 482. The zero-order chi connectivity index (χ0) is 13.1. The number of rotatable bonds is 2. The van der Waals surface area contributed by atoms with Gasteiger partial charge in [0.25, 0.3) is 5.91 Å². The summed E-state index contributed by atoms with van der Waals surface area (Å²) in [5, 5.41) is 0. The number of hydrogen-bond donors (Lipinski definition) is 1. The van der Waals surface area contributed by atoms with Crippen LogP contribution in [0.5, 0.6) is 0 Å². The Morgan fingerprint density at radius 3 is 2.39 bits per heavy atom. The van der Waals surface area contributed by atoms with Crippen molar-refractivity contribution in [2.24, 2.45) is 5.73 Å². The zero-order valence-electron chi connectivity index (χ0n) is 9.99. The Kier molecular flexibility index (Phi) is 4.01. The van der Waals surface area contributed by atoms with Crippen molar-refractivity contribution in [1.29, 1.82) is 0 Å². The lowest BCUT2D eigenvalue weighted by Gasteiger charge is -2.27. The normalized spacial score (nSPS) is 15.5. The molecule has 96 valence electrons. The van der Waals surface area contributed by atoms with Gasteiger partial charge in [-0.3, -0.25) is 9.59 Å². The van der Waals surface area contributed by atoms with E-state index in [4.69, 9.17) is 5.73 Å². The van der Waals surface area contributed by atoms with Gasteiger partial charge in [-0.2, -0.15) is 0 Å². The van der Waals surface area contributed by atoms with E-state index in [1.165, 1.54) is 0 Å². The number of likely N-dealkylation sites (tertiary alicyclic amines) is 1. The molecule has 1 heterocycles. The average molecular weight is 311 g/mol. The van der Waals surface area contributed by atoms with Gasteiger partial charge in [0.05, 0.1) is 11.1 Å². The standard InChI is InChI=1S/C13H15BrN2O2/c14-9-4-5-10(11(8-9)12(15)17)13(18)16-6-2-1-3-7-16/h4-5,8H,1-3,6-7H2,(H2,15,17). The van der Waals surface area contributed by atoms with E-state index in [2.05, 4.69) is 15.9 Å². The highest BCUT2D eigenvalue weighted by Gasteiger charge is 2.22. The fourth-order valence-electron chi connectivity index (χ4n) is 2.17.